The Hall–Kier alpha value is -1.82. The van der Waals surface area contributed by atoms with Crippen LogP contribution >= 0.6 is 11.6 Å². The summed E-state index contributed by atoms with van der Waals surface area (Å²) in [4.78, 5) is 25.8. The summed E-state index contributed by atoms with van der Waals surface area (Å²) < 4.78 is 23.6. The molecular weight excluding hydrogens is 337 g/mol. The highest BCUT2D eigenvalue weighted by atomic mass is 35.5. The van der Waals surface area contributed by atoms with E-state index in [-0.39, 0.29) is 28.6 Å². The fraction of sp³-hybridized carbons (Fsp3) is 0.529. The van der Waals surface area contributed by atoms with Crippen LogP contribution < -0.4 is 4.74 Å². The normalized spacial score (nSPS) is 16.6. The second kappa shape index (κ2) is 8.33. The van der Waals surface area contributed by atoms with Crippen molar-refractivity contribution in [2.45, 2.75) is 32.8 Å². The molecule has 2 rings (SSSR count). The Kier molecular flexibility index (Phi) is 6.43. The van der Waals surface area contributed by atoms with Crippen molar-refractivity contribution in [2.24, 2.45) is 5.92 Å². The monoisotopic (exact) mass is 357 g/mol. The van der Waals surface area contributed by atoms with Crippen molar-refractivity contribution in [3.05, 3.63) is 29.0 Å². The highest BCUT2D eigenvalue weighted by Crippen LogP contribution is 2.26. The summed E-state index contributed by atoms with van der Waals surface area (Å²) in [6.07, 6.45) is 0.413. The first-order chi connectivity index (χ1) is 11.4. The largest absolute Gasteiger partial charge is 0.479 e. The molecule has 0 bridgehead atoms. The van der Waals surface area contributed by atoms with Gasteiger partial charge in [0.2, 0.25) is 0 Å². The predicted octanol–water partition coefficient (Wildman–Crippen LogP) is 3.05. The van der Waals surface area contributed by atoms with E-state index in [0.29, 0.717) is 32.5 Å². The number of rotatable bonds is 5. The van der Waals surface area contributed by atoms with Crippen molar-refractivity contribution in [1.29, 1.82) is 0 Å². The van der Waals surface area contributed by atoms with Crippen molar-refractivity contribution in [1.82, 2.24) is 4.90 Å². The van der Waals surface area contributed by atoms with Crippen LogP contribution in [0.1, 0.15) is 26.7 Å². The van der Waals surface area contributed by atoms with Gasteiger partial charge >= 0.3 is 5.97 Å². The van der Waals surface area contributed by atoms with Crippen LogP contribution in [0.15, 0.2) is 18.2 Å². The Morgan fingerprint density at radius 3 is 2.62 bits per heavy atom. The molecule has 1 aromatic carbocycles. The molecule has 7 heteroatoms. The van der Waals surface area contributed by atoms with Crippen molar-refractivity contribution < 1.29 is 23.5 Å². The fourth-order valence-corrected chi connectivity index (χ4v) is 2.88. The van der Waals surface area contributed by atoms with Gasteiger partial charge in [-0.1, -0.05) is 11.6 Å². The number of amides is 1. The maximum absolute atomic E-state index is 13.0. The van der Waals surface area contributed by atoms with Gasteiger partial charge in [0.1, 0.15) is 11.6 Å². The first-order valence-corrected chi connectivity index (χ1v) is 8.37. The lowest BCUT2D eigenvalue weighted by Gasteiger charge is -2.32. The van der Waals surface area contributed by atoms with Gasteiger partial charge in [-0.15, -0.1) is 0 Å². The Morgan fingerprint density at radius 1 is 1.38 bits per heavy atom. The topological polar surface area (TPSA) is 55.8 Å². The number of carbonyl (C=O) groups excluding carboxylic acids is 2. The molecule has 1 aliphatic rings. The minimum absolute atomic E-state index is 0.121. The van der Waals surface area contributed by atoms with E-state index in [1.54, 1.807) is 18.7 Å². The summed E-state index contributed by atoms with van der Waals surface area (Å²) in [5, 5.41) is 0.121. The lowest BCUT2D eigenvalue weighted by atomic mass is 9.97. The molecule has 0 aromatic heterocycles. The first kappa shape index (κ1) is 18.5. The van der Waals surface area contributed by atoms with Crippen molar-refractivity contribution in [3.63, 3.8) is 0 Å². The van der Waals surface area contributed by atoms with Gasteiger partial charge in [0.05, 0.1) is 17.5 Å². The number of hydrogen-bond donors (Lipinski definition) is 0. The van der Waals surface area contributed by atoms with E-state index in [0.717, 1.165) is 6.07 Å². The van der Waals surface area contributed by atoms with Crippen LogP contribution in [0.25, 0.3) is 0 Å². The van der Waals surface area contributed by atoms with Crippen LogP contribution in [0.3, 0.4) is 0 Å². The fourth-order valence-electron chi connectivity index (χ4n) is 2.66. The van der Waals surface area contributed by atoms with E-state index in [2.05, 4.69) is 0 Å². The molecular formula is C17H21ClFNO4. The SMILES string of the molecule is CCOC(=O)C1CCN(C(=O)C(C)Oc2ccc(F)cc2Cl)CC1. The molecule has 1 atom stereocenters. The second-order valence-electron chi connectivity index (χ2n) is 5.69. The third-order valence-corrected chi connectivity index (χ3v) is 4.27. The van der Waals surface area contributed by atoms with Gasteiger partial charge in [-0.25, -0.2) is 4.39 Å². The van der Waals surface area contributed by atoms with Crippen LogP contribution in [0, 0.1) is 11.7 Å². The summed E-state index contributed by atoms with van der Waals surface area (Å²) in [5.41, 5.74) is 0. The summed E-state index contributed by atoms with van der Waals surface area (Å²) in [6.45, 7) is 4.72. The molecule has 0 spiro atoms. The van der Waals surface area contributed by atoms with E-state index in [9.17, 15) is 14.0 Å². The Balaban J connectivity index is 1.89. The lowest BCUT2D eigenvalue weighted by molar-refractivity contribution is -0.152. The van der Waals surface area contributed by atoms with E-state index in [1.165, 1.54) is 12.1 Å². The number of esters is 1. The smallest absolute Gasteiger partial charge is 0.309 e. The zero-order valence-corrected chi connectivity index (χ0v) is 14.5. The highest BCUT2D eigenvalue weighted by molar-refractivity contribution is 6.32. The van der Waals surface area contributed by atoms with Crippen LogP contribution in [0.2, 0.25) is 5.02 Å². The number of hydrogen-bond acceptors (Lipinski definition) is 4. The quantitative estimate of drug-likeness (QED) is 0.760. The molecule has 0 aliphatic carbocycles. The zero-order valence-electron chi connectivity index (χ0n) is 13.8. The first-order valence-electron chi connectivity index (χ1n) is 7.99. The molecule has 0 radical (unpaired) electrons. The molecule has 1 aromatic rings. The van der Waals surface area contributed by atoms with Crippen LogP contribution in [-0.2, 0) is 14.3 Å². The highest BCUT2D eigenvalue weighted by Gasteiger charge is 2.30. The Morgan fingerprint density at radius 2 is 2.04 bits per heavy atom. The van der Waals surface area contributed by atoms with Crippen molar-refractivity contribution >= 4 is 23.5 Å². The van der Waals surface area contributed by atoms with Crippen LogP contribution in [0.5, 0.6) is 5.75 Å². The third kappa shape index (κ3) is 4.60. The second-order valence-corrected chi connectivity index (χ2v) is 6.09. The van der Waals surface area contributed by atoms with E-state index in [1.807, 2.05) is 0 Å². The lowest BCUT2D eigenvalue weighted by Crippen LogP contribution is -2.46. The Labute approximate surface area is 145 Å². The molecule has 1 fully saturated rings. The van der Waals surface area contributed by atoms with E-state index >= 15 is 0 Å². The molecule has 0 saturated carbocycles. The molecule has 24 heavy (non-hydrogen) atoms. The van der Waals surface area contributed by atoms with Gasteiger partial charge in [0.25, 0.3) is 5.91 Å². The standard InChI is InChI=1S/C17H21ClFNO4/c1-3-23-17(22)12-6-8-20(9-7-12)16(21)11(2)24-15-5-4-13(19)10-14(15)18/h4-5,10-12H,3,6-9H2,1-2H3. The summed E-state index contributed by atoms with van der Waals surface area (Å²) in [5.74, 6) is -0.742. The van der Waals surface area contributed by atoms with Gasteiger partial charge in [0.15, 0.2) is 6.10 Å². The van der Waals surface area contributed by atoms with Gasteiger partial charge in [-0.3, -0.25) is 9.59 Å². The number of carbonyl (C=O) groups is 2. The van der Waals surface area contributed by atoms with Crippen LogP contribution in [0.4, 0.5) is 4.39 Å². The molecule has 1 heterocycles. The maximum atomic E-state index is 13.0. The average molecular weight is 358 g/mol. The number of ether oxygens (including phenoxy) is 2. The molecule has 132 valence electrons. The van der Waals surface area contributed by atoms with Gasteiger partial charge in [-0.2, -0.15) is 0 Å². The Bertz CT molecular complexity index is 602. The number of nitrogens with zero attached hydrogens (tertiary/aromatic N) is 1. The van der Waals surface area contributed by atoms with Gasteiger partial charge in [0, 0.05) is 13.1 Å². The molecule has 1 aliphatic heterocycles. The molecule has 1 amide bonds. The van der Waals surface area contributed by atoms with Crippen LogP contribution in [-0.4, -0.2) is 42.6 Å². The molecule has 1 saturated heterocycles. The molecule has 0 N–H and O–H groups in total. The minimum atomic E-state index is -0.743. The summed E-state index contributed by atoms with van der Waals surface area (Å²) in [6, 6.07) is 3.76. The number of likely N-dealkylation sites (tertiary alicyclic amines) is 1. The van der Waals surface area contributed by atoms with E-state index < -0.39 is 11.9 Å². The average Bonchev–Trinajstić information content (AvgIpc) is 2.57. The van der Waals surface area contributed by atoms with Crippen molar-refractivity contribution in [3.8, 4) is 5.75 Å². The summed E-state index contributed by atoms with van der Waals surface area (Å²) in [7, 11) is 0. The van der Waals surface area contributed by atoms with E-state index in [4.69, 9.17) is 21.1 Å². The summed E-state index contributed by atoms with van der Waals surface area (Å²) >= 11 is 5.91. The predicted molar refractivity (Wildman–Crippen MR) is 87.4 cm³/mol. The third-order valence-electron chi connectivity index (χ3n) is 3.97. The zero-order chi connectivity index (χ0) is 17.7. The van der Waals surface area contributed by atoms with Crippen molar-refractivity contribution in [2.75, 3.05) is 19.7 Å². The molecule has 5 nitrogen and oxygen atoms in total. The van der Waals surface area contributed by atoms with Gasteiger partial charge < -0.3 is 14.4 Å². The number of piperidine rings is 1. The number of halogens is 2. The molecule has 1 unspecified atom stereocenters. The number of benzene rings is 1. The minimum Gasteiger partial charge on any atom is -0.479 e. The maximum Gasteiger partial charge on any atom is 0.309 e. The van der Waals surface area contributed by atoms with Gasteiger partial charge in [-0.05, 0) is 44.9 Å².